The first-order valence-corrected chi connectivity index (χ1v) is 7.81. The Bertz CT molecular complexity index is 752. The minimum absolute atomic E-state index is 0.370. The molecule has 1 aromatic carbocycles. The Balaban J connectivity index is 1.87. The van der Waals surface area contributed by atoms with Gasteiger partial charge in [-0.25, -0.2) is 4.98 Å². The van der Waals surface area contributed by atoms with E-state index < -0.39 is 0 Å². The molecule has 108 valence electrons. The topological polar surface area (TPSA) is 63.8 Å². The minimum Gasteiger partial charge on any atom is -0.399 e. The summed E-state index contributed by atoms with van der Waals surface area (Å²) >= 11 is 1.69. The summed E-state index contributed by atoms with van der Waals surface area (Å²) in [4.78, 5) is 8.92. The first kappa shape index (κ1) is 13.8. The molecule has 0 radical (unpaired) electrons. The Morgan fingerprint density at radius 1 is 1.33 bits per heavy atom. The van der Waals surface area contributed by atoms with Crippen molar-refractivity contribution >= 4 is 33.6 Å². The molecule has 0 saturated heterocycles. The molecule has 0 aliphatic heterocycles. The molecule has 0 aliphatic rings. The quantitative estimate of drug-likeness (QED) is 0.719. The van der Waals surface area contributed by atoms with Crippen LogP contribution in [0.2, 0.25) is 0 Å². The van der Waals surface area contributed by atoms with E-state index in [4.69, 9.17) is 5.73 Å². The van der Waals surface area contributed by atoms with Gasteiger partial charge in [0.05, 0.1) is 10.5 Å². The monoisotopic (exact) mass is 298 g/mol. The summed E-state index contributed by atoms with van der Waals surface area (Å²) in [5, 5.41) is 7.74. The van der Waals surface area contributed by atoms with Gasteiger partial charge in [0.25, 0.3) is 0 Å². The molecule has 4 nitrogen and oxygen atoms in total. The number of nitrogens with two attached hydrogens (primary N) is 1. The molecule has 0 amide bonds. The van der Waals surface area contributed by atoms with Crippen LogP contribution in [0.4, 0.5) is 11.4 Å². The number of anilines is 2. The van der Waals surface area contributed by atoms with Crippen molar-refractivity contribution in [3.63, 3.8) is 0 Å². The number of pyridine rings is 1. The van der Waals surface area contributed by atoms with Crippen LogP contribution >= 0.6 is 11.3 Å². The molecule has 0 spiro atoms. The van der Waals surface area contributed by atoms with Gasteiger partial charge in [-0.1, -0.05) is 6.92 Å². The number of benzene rings is 1. The van der Waals surface area contributed by atoms with Gasteiger partial charge in [-0.15, -0.1) is 11.3 Å². The van der Waals surface area contributed by atoms with E-state index >= 15 is 0 Å². The second-order valence-electron chi connectivity index (χ2n) is 5.24. The highest BCUT2D eigenvalue weighted by Crippen LogP contribution is 2.26. The van der Waals surface area contributed by atoms with Crippen molar-refractivity contribution < 1.29 is 0 Å². The zero-order chi connectivity index (χ0) is 14.8. The number of hydrogen-bond donors (Lipinski definition) is 2. The maximum Gasteiger partial charge on any atom is 0.0970 e. The molecule has 2 aromatic heterocycles. The molecule has 0 saturated carbocycles. The number of nitrogen functional groups attached to an aromatic ring is 1. The Morgan fingerprint density at radius 3 is 2.95 bits per heavy atom. The van der Waals surface area contributed by atoms with Crippen molar-refractivity contribution in [1.82, 2.24) is 9.97 Å². The average molecular weight is 298 g/mol. The highest BCUT2D eigenvalue weighted by Gasteiger charge is 2.10. The van der Waals surface area contributed by atoms with Crippen molar-refractivity contribution in [1.29, 1.82) is 0 Å². The lowest BCUT2D eigenvalue weighted by molar-refractivity contribution is 0.795. The molecule has 0 bridgehead atoms. The van der Waals surface area contributed by atoms with Gasteiger partial charge in [-0.2, -0.15) is 0 Å². The van der Waals surface area contributed by atoms with E-state index in [1.807, 2.05) is 36.7 Å². The van der Waals surface area contributed by atoms with Gasteiger partial charge in [0, 0.05) is 46.5 Å². The van der Waals surface area contributed by atoms with Crippen molar-refractivity contribution in [3.8, 4) is 0 Å². The van der Waals surface area contributed by atoms with Crippen molar-refractivity contribution in [2.45, 2.75) is 19.8 Å². The van der Waals surface area contributed by atoms with Gasteiger partial charge >= 0.3 is 0 Å². The fourth-order valence-electron chi connectivity index (χ4n) is 2.35. The third-order valence-corrected chi connectivity index (χ3v) is 4.44. The van der Waals surface area contributed by atoms with Gasteiger partial charge in [0.2, 0.25) is 0 Å². The first-order valence-electron chi connectivity index (χ1n) is 6.93. The largest absolute Gasteiger partial charge is 0.399 e. The average Bonchev–Trinajstić information content (AvgIpc) is 2.99. The van der Waals surface area contributed by atoms with Crippen LogP contribution in [0.1, 0.15) is 23.5 Å². The summed E-state index contributed by atoms with van der Waals surface area (Å²) in [5.41, 5.74) is 9.69. The Hall–Kier alpha value is -2.14. The number of aromatic nitrogens is 2. The smallest absolute Gasteiger partial charge is 0.0970 e. The SMILES string of the molecule is Cc1cc(NCC(C)c2nccs2)c2cc(N)ccc2n1. The van der Waals surface area contributed by atoms with Crippen LogP contribution in [-0.2, 0) is 0 Å². The Morgan fingerprint density at radius 2 is 2.19 bits per heavy atom. The number of fused-ring (bicyclic) bond motifs is 1. The molecular formula is C16H18N4S. The van der Waals surface area contributed by atoms with Gasteiger partial charge in [0.15, 0.2) is 0 Å². The second-order valence-corrected chi connectivity index (χ2v) is 6.17. The van der Waals surface area contributed by atoms with Crippen molar-refractivity contribution in [3.05, 3.63) is 46.5 Å². The summed E-state index contributed by atoms with van der Waals surface area (Å²) in [5.74, 6) is 0.370. The van der Waals surface area contributed by atoms with Crippen LogP contribution in [-0.4, -0.2) is 16.5 Å². The van der Waals surface area contributed by atoms with Gasteiger partial charge in [-0.05, 0) is 31.2 Å². The van der Waals surface area contributed by atoms with Crippen LogP contribution in [0.3, 0.4) is 0 Å². The standard InChI is InChI=1S/C16H18N4S/c1-10(16-18-5-6-21-16)9-19-15-7-11(2)20-14-4-3-12(17)8-13(14)15/h3-8,10H,9,17H2,1-2H3,(H,19,20). The van der Waals surface area contributed by atoms with E-state index in [1.165, 1.54) is 0 Å². The fraction of sp³-hybridized carbons (Fsp3) is 0.250. The second kappa shape index (κ2) is 5.69. The first-order chi connectivity index (χ1) is 10.1. The number of hydrogen-bond acceptors (Lipinski definition) is 5. The maximum absolute atomic E-state index is 5.90. The molecule has 3 rings (SSSR count). The van der Waals surface area contributed by atoms with E-state index in [0.717, 1.165) is 39.5 Å². The van der Waals surface area contributed by atoms with Crippen LogP contribution < -0.4 is 11.1 Å². The summed E-state index contributed by atoms with van der Waals surface area (Å²) < 4.78 is 0. The lowest BCUT2D eigenvalue weighted by atomic mass is 10.1. The van der Waals surface area contributed by atoms with Crippen LogP contribution in [0.15, 0.2) is 35.8 Å². The van der Waals surface area contributed by atoms with E-state index in [9.17, 15) is 0 Å². The molecule has 1 atom stereocenters. The molecule has 2 heterocycles. The van der Waals surface area contributed by atoms with Gasteiger partial charge in [0.1, 0.15) is 0 Å². The van der Waals surface area contributed by atoms with Crippen LogP contribution in [0, 0.1) is 6.92 Å². The van der Waals surface area contributed by atoms with E-state index in [2.05, 4.69) is 28.3 Å². The highest BCUT2D eigenvalue weighted by atomic mass is 32.1. The van der Waals surface area contributed by atoms with Gasteiger partial charge in [-0.3, -0.25) is 4.98 Å². The lowest BCUT2D eigenvalue weighted by Gasteiger charge is -2.14. The number of nitrogens with zero attached hydrogens (tertiary/aromatic N) is 2. The number of aryl methyl sites for hydroxylation is 1. The van der Waals surface area contributed by atoms with Crippen molar-refractivity contribution in [2.75, 3.05) is 17.6 Å². The number of rotatable bonds is 4. The minimum atomic E-state index is 0.370. The summed E-state index contributed by atoms with van der Waals surface area (Å²) in [6, 6.07) is 7.89. The molecule has 1 unspecified atom stereocenters. The molecule has 3 N–H and O–H groups in total. The maximum atomic E-state index is 5.90. The molecule has 21 heavy (non-hydrogen) atoms. The van der Waals surface area contributed by atoms with Crippen molar-refractivity contribution in [2.24, 2.45) is 0 Å². The van der Waals surface area contributed by atoms with E-state index in [-0.39, 0.29) is 0 Å². The number of nitrogens with one attached hydrogen (secondary N) is 1. The summed E-state index contributed by atoms with van der Waals surface area (Å²) in [6.45, 7) is 5.02. The summed E-state index contributed by atoms with van der Waals surface area (Å²) in [6.07, 6.45) is 1.85. The van der Waals surface area contributed by atoms with Crippen LogP contribution in [0.25, 0.3) is 10.9 Å². The number of thiazole rings is 1. The zero-order valence-electron chi connectivity index (χ0n) is 12.1. The predicted octanol–water partition coefficient (Wildman–Crippen LogP) is 3.80. The summed E-state index contributed by atoms with van der Waals surface area (Å²) in [7, 11) is 0. The third kappa shape index (κ3) is 2.97. The lowest BCUT2D eigenvalue weighted by Crippen LogP contribution is -2.10. The molecular weight excluding hydrogens is 280 g/mol. The molecule has 5 heteroatoms. The molecule has 3 aromatic rings. The third-order valence-electron chi connectivity index (χ3n) is 3.43. The van der Waals surface area contributed by atoms with E-state index in [0.29, 0.717) is 5.92 Å². The molecule has 0 aliphatic carbocycles. The Kier molecular flexibility index (Phi) is 3.75. The van der Waals surface area contributed by atoms with Gasteiger partial charge < -0.3 is 11.1 Å². The molecule has 0 fully saturated rings. The Labute approximate surface area is 128 Å². The fourth-order valence-corrected chi connectivity index (χ4v) is 3.05. The predicted molar refractivity (Wildman–Crippen MR) is 89.9 cm³/mol. The highest BCUT2D eigenvalue weighted by molar-refractivity contribution is 7.09. The van der Waals surface area contributed by atoms with Crippen LogP contribution in [0.5, 0.6) is 0 Å². The normalized spacial score (nSPS) is 12.5. The van der Waals surface area contributed by atoms with E-state index in [1.54, 1.807) is 11.3 Å². The zero-order valence-corrected chi connectivity index (χ0v) is 12.9.